The van der Waals surface area contributed by atoms with Gasteiger partial charge < -0.3 is 10.4 Å². The number of hydrogen-bond donors (Lipinski definition) is 2. The Morgan fingerprint density at radius 2 is 1.82 bits per heavy atom. The van der Waals surface area contributed by atoms with Crippen LogP contribution in [0.1, 0.15) is 51.9 Å². The second-order valence-corrected chi connectivity index (χ2v) is 5.68. The van der Waals surface area contributed by atoms with E-state index in [1.54, 1.807) is 6.92 Å². The molecule has 0 heterocycles. The van der Waals surface area contributed by atoms with E-state index in [0.717, 1.165) is 25.7 Å². The van der Waals surface area contributed by atoms with Gasteiger partial charge in [-0.3, -0.25) is 4.79 Å². The Hall–Kier alpha value is -1.06. The average Bonchev–Trinajstić information content (AvgIpc) is 2.99. The molecule has 1 amide bonds. The van der Waals surface area contributed by atoms with Gasteiger partial charge in [-0.1, -0.05) is 12.8 Å². The number of carboxylic acids is 1. The van der Waals surface area contributed by atoms with Crippen molar-refractivity contribution in [1.29, 1.82) is 0 Å². The van der Waals surface area contributed by atoms with Gasteiger partial charge in [0.2, 0.25) is 5.91 Å². The highest BCUT2D eigenvalue weighted by Gasteiger charge is 2.48. The maximum atomic E-state index is 11.9. The molecule has 1 atom stereocenters. The minimum absolute atomic E-state index is 0.0892. The third-order valence-corrected chi connectivity index (χ3v) is 4.19. The molecule has 1 unspecified atom stereocenters. The first-order valence-corrected chi connectivity index (χ1v) is 6.57. The Morgan fingerprint density at radius 3 is 2.29 bits per heavy atom. The summed E-state index contributed by atoms with van der Waals surface area (Å²) in [5.74, 6) is -0.409. The summed E-state index contributed by atoms with van der Waals surface area (Å²) in [4.78, 5) is 23.1. The molecule has 0 bridgehead atoms. The summed E-state index contributed by atoms with van der Waals surface area (Å²) in [6.45, 7) is 1.64. The minimum atomic E-state index is -1.05. The lowest BCUT2D eigenvalue weighted by Gasteiger charge is -2.26. The van der Waals surface area contributed by atoms with Crippen molar-refractivity contribution >= 4 is 11.9 Å². The summed E-state index contributed by atoms with van der Waals surface area (Å²) < 4.78 is 0. The highest BCUT2D eigenvalue weighted by molar-refractivity contribution is 5.87. The zero-order chi connectivity index (χ0) is 12.5. The molecule has 2 fully saturated rings. The summed E-state index contributed by atoms with van der Waals surface area (Å²) >= 11 is 0. The van der Waals surface area contributed by atoms with Crippen molar-refractivity contribution in [3.05, 3.63) is 0 Å². The van der Waals surface area contributed by atoms with Crippen LogP contribution in [-0.2, 0) is 9.59 Å². The van der Waals surface area contributed by atoms with Crippen LogP contribution in [0, 0.1) is 11.8 Å². The van der Waals surface area contributed by atoms with E-state index in [-0.39, 0.29) is 11.8 Å². The van der Waals surface area contributed by atoms with Crippen LogP contribution in [-0.4, -0.2) is 22.5 Å². The second kappa shape index (κ2) is 4.67. The fourth-order valence-electron chi connectivity index (χ4n) is 2.81. The normalized spacial score (nSPS) is 24.3. The Kier molecular flexibility index (Phi) is 3.40. The van der Waals surface area contributed by atoms with Gasteiger partial charge in [0.15, 0.2) is 0 Å². The Morgan fingerprint density at radius 1 is 1.24 bits per heavy atom. The van der Waals surface area contributed by atoms with E-state index < -0.39 is 11.5 Å². The standard InChI is InChI=1S/C13H21NO3/c1-13(12(16)17,10-6-7-10)14-11(15)8-9-4-2-3-5-9/h9-10H,2-8H2,1H3,(H,14,15)(H,16,17). The van der Waals surface area contributed by atoms with Crippen LogP contribution < -0.4 is 5.32 Å². The number of carbonyl (C=O) groups is 2. The molecule has 0 aliphatic heterocycles. The zero-order valence-corrected chi connectivity index (χ0v) is 10.4. The quantitative estimate of drug-likeness (QED) is 0.770. The molecule has 0 radical (unpaired) electrons. The first kappa shape index (κ1) is 12.4. The third kappa shape index (κ3) is 2.79. The van der Waals surface area contributed by atoms with Crippen LogP contribution in [0.3, 0.4) is 0 Å². The lowest BCUT2D eigenvalue weighted by atomic mass is 9.94. The van der Waals surface area contributed by atoms with Gasteiger partial charge >= 0.3 is 5.97 Å². The van der Waals surface area contributed by atoms with Gasteiger partial charge in [0.05, 0.1) is 0 Å². The van der Waals surface area contributed by atoms with Crippen molar-refractivity contribution in [3.8, 4) is 0 Å². The van der Waals surface area contributed by atoms with Crippen molar-refractivity contribution in [3.63, 3.8) is 0 Å². The van der Waals surface area contributed by atoms with Gasteiger partial charge in [-0.05, 0) is 44.4 Å². The van der Waals surface area contributed by atoms with Crippen LogP contribution in [0.2, 0.25) is 0 Å². The molecule has 2 aliphatic carbocycles. The molecular formula is C13H21NO3. The van der Waals surface area contributed by atoms with E-state index in [0.29, 0.717) is 12.3 Å². The molecule has 2 saturated carbocycles. The summed E-state index contributed by atoms with van der Waals surface area (Å²) in [7, 11) is 0. The molecule has 0 aromatic rings. The number of amides is 1. The molecule has 2 rings (SSSR count). The van der Waals surface area contributed by atoms with E-state index in [2.05, 4.69) is 5.32 Å². The maximum Gasteiger partial charge on any atom is 0.329 e. The van der Waals surface area contributed by atoms with Gasteiger partial charge in [0.25, 0.3) is 0 Å². The largest absolute Gasteiger partial charge is 0.480 e. The van der Waals surface area contributed by atoms with Crippen LogP contribution in [0.15, 0.2) is 0 Å². The molecule has 17 heavy (non-hydrogen) atoms. The fraction of sp³-hybridized carbons (Fsp3) is 0.846. The Bertz CT molecular complexity index is 319. The van der Waals surface area contributed by atoms with Crippen molar-refractivity contribution in [1.82, 2.24) is 5.32 Å². The molecule has 96 valence electrons. The van der Waals surface area contributed by atoms with Gasteiger partial charge in [-0.2, -0.15) is 0 Å². The molecule has 4 nitrogen and oxygen atoms in total. The molecule has 0 aromatic carbocycles. The lowest BCUT2D eigenvalue weighted by molar-refractivity contribution is -0.148. The molecule has 4 heteroatoms. The van der Waals surface area contributed by atoms with E-state index in [1.165, 1.54) is 12.8 Å². The van der Waals surface area contributed by atoms with Gasteiger partial charge in [-0.25, -0.2) is 4.79 Å². The minimum Gasteiger partial charge on any atom is -0.480 e. The number of nitrogens with one attached hydrogen (secondary N) is 1. The molecule has 0 aromatic heterocycles. The van der Waals surface area contributed by atoms with Crippen molar-refractivity contribution in [2.24, 2.45) is 11.8 Å². The predicted molar refractivity (Wildman–Crippen MR) is 63.5 cm³/mol. The van der Waals surface area contributed by atoms with E-state index >= 15 is 0 Å². The third-order valence-electron chi connectivity index (χ3n) is 4.19. The van der Waals surface area contributed by atoms with E-state index in [4.69, 9.17) is 0 Å². The van der Waals surface area contributed by atoms with Crippen LogP contribution in [0.25, 0.3) is 0 Å². The maximum absolute atomic E-state index is 11.9. The number of carbonyl (C=O) groups excluding carboxylic acids is 1. The zero-order valence-electron chi connectivity index (χ0n) is 10.4. The highest BCUT2D eigenvalue weighted by Crippen LogP contribution is 2.40. The summed E-state index contributed by atoms with van der Waals surface area (Å²) in [5, 5.41) is 12.0. The van der Waals surface area contributed by atoms with Gasteiger partial charge in [0.1, 0.15) is 5.54 Å². The van der Waals surface area contributed by atoms with Gasteiger partial charge in [0, 0.05) is 6.42 Å². The van der Waals surface area contributed by atoms with Crippen molar-refractivity contribution in [2.45, 2.75) is 57.4 Å². The summed E-state index contributed by atoms with van der Waals surface area (Å²) in [6.07, 6.45) is 6.95. The first-order valence-electron chi connectivity index (χ1n) is 6.57. The topological polar surface area (TPSA) is 66.4 Å². The van der Waals surface area contributed by atoms with Crippen LogP contribution >= 0.6 is 0 Å². The second-order valence-electron chi connectivity index (χ2n) is 5.68. The smallest absolute Gasteiger partial charge is 0.329 e. The van der Waals surface area contributed by atoms with Crippen LogP contribution in [0.4, 0.5) is 0 Å². The number of carboxylic acid groups (broad SMARTS) is 1. The molecular weight excluding hydrogens is 218 g/mol. The van der Waals surface area contributed by atoms with Crippen molar-refractivity contribution < 1.29 is 14.7 Å². The lowest BCUT2D eigenvalue weighted by Crippen LogP contribution is -2.54. The van der Waals surface area contributed by atoms with Gasteiger partial charge in [-0.15, -0.1) is 0 Å². The van der Waals surface area contributed by atoms with Crippen LogP contribution in [0.5, 0.6) is 0 Å². The van der Waals surface area contributed by atoms with E-state index in [9.17, 15) is 14.7 Å². The average molecular weight is 239 g/mol. The molecule has 2 N–H and O–H groups in total. The first-order chi connectivity index (χ1) is 8.02. The molecule has 0 saturated heterocycles. The number of aliphatic carboxylic acids is 1. The molecule has 0 spiro atoms. The fourth-order valence-corrected chi connectivity index (χ4v) is 2.81. The molecule has 2 aliphatic rings. The highest BCUT2D eigenvalue weighted by atomic mass is 16.4. The number of hydrogen-bond acceptors (Lipinski definition) is 2. The van der Waals surface area contributed by atoms with Crippen molar-refractivity contribution in [2.75, 3.05) is 0 Å². The number of rotatable bonds is 5. The Balaban J connectivity index is 1.89. The Labute approximate surface area is 102 Å². The summed E-state index contributed by atoms with van der Waals surface area (Å²) in [5.41, 5.74) is -1.05. The van der Waals surface area contributed by atoms with E-state index in [1.807, 2.05) is 0 Å². The summed E-state index contributed by atoms with van der Waals surface area (Å²) in [6, 6.07) is 0. The monoisotopic (exact) mass is 239 g/mol. The SMILES string of the molecule is CC(NC(=O)CC1CCCC1)(C(=O)O)C1CC1. The predicted octanol–water partition coefficient (Wildman–Crippen LogP) is 1.94.